The van der Waals surface area contributed by atoms with E-state index in [0.717, 1.165) is 11.3 Å². The summed E-state index contributed by atoms with van der Waals surface area (Å²) in [5, 5.41) is 3.55. The summed E-state index contributed by atoms with van der Waals surface area (Å²) in [5.41, 5.74) is 0.514. The number of hydrogen-bond donors (Lipinski definition) is 1. The third kappa shape index (κ3) is 4.69. The smallest absolute Gasteiger partial charge is 0.350 e. The van der Waals surface area contributed by atoms with Crippen LogP contribution in [0.1, 0.15) is 29.2 Å². The standard InChI is InChI=1S/C16H17ClN2O4S/c1-4-22-15(21)13-9(2)18-16(24-13)19-14(20)10(3)23-12-7-5-11(17)6-8-12/h5-8,10H,4H2,1-3H3,(H,18,19,20)/t10-/m0/s1. The number of benzene rings is 1. The Balaban J connectivity index is 1.99. The van der Waals surface area contributed by atoms with Gasteiger partial charge in [0.15, 0.2) is 11.2 Å². The molecule has 2 rings (SSSR count). The molecule has 6 nitrogen and oxygen atoms in total. The van der Waals surface area contributed by atoms with E-state index in [4.69, 9.17) is 21.1 Å². The molecule has 0 fully saturated rings. The highest BCUT2D eigenvalue weighted by molar-refractivity contribution is 7.17. The monoisotopic (exact) mass is 368 g/mol. The van der Waals surface area contributed by atoms with E-state index >= 15 is 0 Å². The molecule has 0 radical (unpaired) electrons. The van der Waals surface area contributed by atoms with Gasteiger partial charge in [-0.2, -0.15) is 0 Å². The second kappa shape index (κ2) is 8.12. The maximum atomic E-state index is 12.2. The van der Waals surface area contributed by atoms with Crippen LogP contribution in [-0.2, 0) is 9.53 Å². The summed E-state index contributed by atoms with van der Waals surface area (Å²) in [7, 11) is 0. The maximum Gasteiger partial charge on any atom is 0.350 e. The van der Waals surface area contributed by atoms with Gasteiger partial charge >= 0.3 is 5.97 Å². The van der Waals surface area contributed by atoms with Crippen molar-refractivity contribution >= 4 is 39.9 Å². The van der Waals surface area contributed by atoms with Gasteiger partial charge in [0.2, 0.25) is 0 Å². The van der Waals surface area contributed by atoms with E-state index in [1.165, 1.54) is 0 Å². The molecule has 8 heteroatoms. The zero-order valence-electron chi connectivity index (χ0n) is 13.5. The largest absolute Gasteiger partial charge is 0.481 e. The van der Waals surface area contributed by atoms with Gasteiger partial charge in [0, 0.05) is 5.02 Å². The van der Waals surface area contributed by atoms with Crippen LogP contribution < -0.4 is 10.1 Å². The summed E-state index contributed by atoms with van der Waals surface area (Å²) in [4.78, 5) is 28.5. The number of nitrogens with zero attached hydrogens (tertiary/aromatic N) is 1. The first-order valence-electron chi connectivity index (χ1n) is 7.28. The Kier molecular flexibility index (Phi) is 6.16. The molecule has 0 saturated carbocycles. The van der Waals surface area contributed by atoms with E-state index in [-0.39, 0.29) is 12.5 Å². The molecular weight excluding hydrogens is 352 g/mol. The highest BCUT2D eigenvalue weighted by atomic mass is 35.5. The number of thiazole rings is 1. The van der Waals surface area contributed by atoms with Gasteiger partial charge in [0.1, 0.15) is 10.6 Å². The van der Waals surface area contributed by atoms with Crippen LogP contribution in [0.4, 0.5) is 5.13 Å². The molecule has 0 bridgehead atoms. The Bertz CT molecular complexity index is 730. The average Bonchev–Trinajstić information content (AvgIpc) is 2.90. The van der Waals surface area contributed by atoms with Crippen molar-refractivity contribution in [3.05, 3.63) is 39.9 Å². The summed E-state index contributed by atoms with van der Waals surface area (Å²) in [6, 6.07) is 6.71. The summed E-state index contributed by atoms with van der Waals surface area (Å²) < 4.78 is 10.5. The van der Waals surface area contributed by atoms with E-state index in [1.54, 1.807) is 45.0 Å². The number of aromatic nitrogens is 1. The lowest BCUT2D eigenvalue weighted by atomic mass is 10.3. The predicted octanol–water partition coefficient (Wildman–Crippen LogP) is 3.69. The van der Waals surface area contributed by atoms with Crippen LogP contribution >= 0.6 is 22.9 Å². The normalized spacial score (nSPS) is 11.7. The van der Waals surface area contributed by atoms with Crippen LogP contribution in [0.15, 0.2) is 24.3 Å². The van der Waals surface area contributed by atoms with Crippen molar-refractivity contribution in [2.24, 2.45) is 0 Å². The number of aryl methyl sites for hydroxylation is 1. The van der Waals surface area contributed by atoms with Crippen molar-refractivity contribution in [3.63, 3.8) is 0 Å². The number of rotatable bonds is 6. The van der Waals surface area contributed by atoms with Crippen molar-refractivity contribution in [2.75, 3.05) is 11.9 Å². The third-order valence-corrected chi connectivity index (χ3v) is 4.29. The minimum absolute atomic E-state index is 0.282. The molecule has 0 spiro atoms. The minimum atomic E-state index is -0.735. The molecule has 0 aliphatic rings. The Labute approximate surface area is 148 Å². The molecule has 0 saturated heterocycles. The topological polar surface area (TPSA) is 77.5 Å². The van der Waals surface area contributed by atoms with Crippen LogP contribution in [0.25, 0.3) is 0 Å². The second-order valence-electron chi connectivity index (χ2n) is 4.86. The number of halogens is 1. The number of amides is 1. The lowest BCUT2D eigenvalue weighted by Crippen LogP contribution is -2.30. The van der Waals surface area contributed by atoms with Crippen molar-refractivity contribution in [2.45, 2.75) is 26.9 Å². The van der Waals surface area contributed by atoms with Crippen LogP contribution in [0.3, 0.4) is 0 Å². The second-order valence-corrected chi connectivity index (χ2v) is 6.29. The van der Waals surface area contributed by atoms with Crippen LogP contribution in [0.5, 0.6) is 5.75 Å². The fraction of sp³-hybridized carbons (Fsp3) is 0.312. The van der Waals surface area contributed by atoms with Crippen LogP contribution in [-0.4, -0.2) is 29.6 Å². The maximum absolute atomic E-state index is 12.2. The molecule has 24 heavy (non-hydrogen) atoms. The van der Waals surface area contributed by atoms with Gasteiger partial charge in [-0.25, -0.2) is 9.78 Å². The summed E-state index contributed by atoms with van der Waals surface area (Å²) in [6.07, 6.45) is -0.735. The number of hydrogen-bond acceptors (Lipinski definition) is 6. The molecule has 1 aromatic heterocycles. The lowest BCUT2D eigenvalue weighted by Gasteiger charge is -2.13. The first-order valence-corrected chi connectivity index (χ1v) is 8.47. The van der Waals surface area contributed by atoms with Crippen molar-refractivity contribution in [1.82, 2.24) is 4.98 Å². The summed E-state index contributed by atoms with van der Waals surface area (Å²) in [6.45, 7) is 5.32. The van der Waals surface area contributed by atoms with Gasteiger partial charge in [0.05, 0.1) is 12.3 Å². The minimum Gasteiger partial charge on any atom is -0.481 e. The molecule has 2 aromatic rings. The van der Waals surface area contributed by atoms with Gasteiger partial charge < -0.3 is 9.47 Å². The Hall–Kier alpha value is -2.12. The first kappa shape index (κ1) is 18.2. The number of carbonyl (C=O) groups is 2. The van der Waals surface area contributed by atoms with E-state index in [2.05, 4.69) is 10.3 Å². The number of nitrogens with one attached hydrogen (secondary N) is 1. The quantitative estimate of drug-likeness (QED) is 0.787. The number of carbonyl (C=O) groups excluding carboxylic acids is 2. The fourth-order valence-electron chi connectivity index (χ4n) is 1.81. The van der Waals surface area contributed by atoms with E-state index < -0.39 is 12.1 Å². The summed E-state index contributed by atoms with van der Waals surface area (Å²) in [5.74, 6) is -0.280. The lowest BCUT2D eigenvalue weighted by molar-refractivity contribution is -0.122. The molecule has 128 valence electrons. The molecule has 0 unspecified atom stereocenters. The van der Waals surface area contributed by atoms with E-state index in [9.17, 15) is 9.59 Å². The molecular formula is C16H17ClN2O4S. The molecule has 1 N–H and O–H groups in total. The molecule has 0 aliphatic carbocycles. The number of anilines is 1. The molecule has 1 heterocycles. The molecule has 1 atom stereocenters. The Morgan fingerprint density at radius 2 is 2.00 bits per heavy atom. The zero-order valence-corrected chi connectivity index (χ0v) is 15.0. The number of ether oxygens (including phenoxy) is 2. The van der Waals surface area contributed by atoms with Crippen molar-refractivity contribution in [1.29, 1.82) is 0 Å². The highest BCUT2D eigenvalue weighted by Gasteiger charge is 2.20. The van der Waals surface area contributed by atoms with Crippen molar-refractivity contribution < 1.29 is 19.1 Å². The first-order chi connectivity index (χ1) is 11.4. The Morgan fingerprint density at radius 3 is 2.62 bits per heavy atom. The zero-order chi connectivity index (χ0) is 17.7. The van der Waals surface area contributed by atoms with Crippen molar-refractivity contribution in [3.8, 4) is 5.75 Å². The molecule has 1 amide bonds. The fourth-order valence-corrected chi connectivity index (χ4v) is 2.80. The van der Waals surface area contributed by atoms with Gasteiger partial charge in [-0.1, -0.05) is 22.9 Å². The van der Waals surface area contributed by atoms with E-state index in [1.807, 2.05) is 0 Å². The van der Waals surface area contributed by atoms with Crippen LogP contribution in [0, 0.1) is 6.92 Å². The predicted molar refractivity (Wildman–Crippen MR) is 93.0 cm³/mol. The SMILES string of the molecule is CCOC(=O)c1sc(NC(=O)[C@H](C)Oc2ccc(Cl)cc2)nc1C. The third-order valence-electron chi connectivity index (χ3n) is 2.98. The number of esters is 1. The molecule has 1 aromatic carbocycles. The molecule has 0 aliphatic heterocycles. The van der Waals surface area contributed by atoms with Gasteiger partial charge in [0.25, 0.3) is 5.91 Å². The van der Waals surface area contributed by atoms with Crippen LogP contribution in [0.2, 0.25) is 5.02 Å². The van der Waals surface area contributed by atoms with Gasteiger partial charge in [-0.05, 0) is 45.0 Å². The van der Waals surface area contributed by atoms with Gasteiger partial charge in [-0.3, -0.25) is 10.1 Å². The average molecular weight is 369 g/mol. The highest BCUT2D eigenvalue weighted by Crippen LogP contribution is 2.24. The summed E-state index contributed by atoms with van der Waals surface area (Å²) >= 11 is 6.87. The van der Waals surface area contributed by atoms with E-state index in [0.29, 0.717) is 26.5 Å². The van der Waals surface area contributed by atoms with Gasteiger partial charge in [-0.15, -0.1) is 0 Å². The Morgan fingerprint density at radius 1 is 1.33 bits per heavy atom.